The summed E-state index contributed by atoms with van der Waals surface area (Å²) in [6.45, 7) is 3.94. The lowest BCUT2D eigenvalue weighted by Gasteiger charge is -2.33. The van der Waals surface area contributed by atoms with Gasteiger partial charge in [0.25, 0.3) is 0 Å². The van der Waals surface area contributed by atoms with E-state index < -0.39 is 27.3 Å². The first kappa shape index (κ1) is 17.0. The van der Waals surface area contributed by atoms with E-state index in [1.807, 2.05) is 13.8 Å². The van der Waals surface area contributed by atoms with Crippen LogP contribution in [0.5, 0.6) is 0 Å². The van der Waals surface area contributed by atoms with Gasteiger partial charge in [-0.3, -0.25) is 0 Å². The summed E-state index contributed by atoms with van der Waals surface area (Å²) in [5.74, 6) is -0.930. The topological polar surface area (TPSA) is 57.6 Å². The number of hydrogen-bond donors (Lipinski definition) is 1. The summed E-state index contributed by atoms with van der Waals surface area (Å²) in [4.78, 5) is -0.467. The van der Waals surface area contributed by atoms with Crippen molar-refractivity contribution in [1.29, 1.82) is 0 Å². The molecule has 2 unspecified atom stereocenters. The second-order valence-corrected chi connectivity index (χ2v) is 9.34. The molecule has 1 heterocycles. The molecule has 1 aromatic rings. The van der Waals surface area contributed by atoms with E-state index >= 15 is 0 Å². The Morgan fingerprint density at radius 3 is 2.48 bits per heavy atom. The Hall–Kier alpha value is -0.340. The molecule has 1 saturated heterocycles. The molecule has 0 amide bonds. The molecular weight excluding hydrogens is 337 g/mol. The number of sulfonamides is 1. The largest absolute Gasteiger partial charge is 0.392 e. The molecule has 1 aliphatic rings. The Balaban J connectivity index is 2.47. The number of nitrogens with zero attached hydrogens (tertiary/aromatic N) is 1. The van der Waals surface area contributed by atoms with Crippen LogP contribution in [0, 0.1) is 5.82 Å². The first-order chi connectivity index (χ1) is 9.75. The van der Waals surface area contributed by atoms with Crippen molar-refractivity contribution in [3.8, 4) is 0 Å². The molecule has 4 nitrogen and oxygen atoms in total. The average molecular weight is 354 g/mol. The number of thioether (sulfide) groups is 1. The molecule has 0 spiro atoms. The van der Waals surface area contributed by atoms with Crippen LogP contribution >= 0.6 is 23.4 Å². The number of aliphatic hydroxyl groups is 1. The van der Waals surface area contributed by atoms with Crippen LogP contribution in [0.2, 0.25) is 5.02 Å². The minimum Gasteiger partial charge on any atom is -0.392 e. The van der Waals surface area contributed by atoms with Gasteiger partial charge in [-0.25, -0.2) is 12.8 Å². The summed E-state index contributed by atoms with van der Waals surface area (Å²) < 4.78 is 40.9. The molecule has 0 aromatic heterocycles. The highest BCUT2D eigenvalue weighted by molar-refractivity contribution is 8.00. The van der Waals surface area contributed by atoms with Crippen LogP contribution in [0.4, 0.5) is 4.39 Å². The van der Waals surface area contributed by atoms with Crippen molar-refractivity contribution in [2.75, 3.05) is 13.1 Å². The Kier molecular flexibility index (Phi) is 5.20. The van der Waals surface area contributed by atoms with Crippen LogP contribution in [0.15, 0.2) is 17.0 Å². The maximum absolute atomic E-state index is 14.3. The summed E-state index contributed by atoms with van der Waals surface area (Å²) in [7, 11) is -3.96. The van der Waals surface area contributed by atoms with Crippen LogP contribution in [0.1, 0.15) is 19.4 Å². The fourth-order valence-electron chi connectivity index (χ4n) is 2.39. The quantitative estimate of drug-likeness (QED) is 0.907. The number of aliphatic hydroxyl groups excluding tert-OH is 1. The van der Waals surface area contributed by atoms with E-state index in [-0.39, 0.29) is 21.1 Å². The lowest BCUT2D eigenvalue weighted by atomic mass is 10.2. The van der Waals surface area contributed by atoms with Crippen LogP contribution in [-0.4, -0.2) is 41.4 Å². The zero-order valence-corrected chi connectivity index (χ0v) is 14.1. The Morgan fingerprint density at radius 1 is 1.38 bits per heavy atom. The van der Waals surface area contributed by atoms with E-state index in [1.54, 1.807) is 11.8 Å². The van der Waals surface area contributed by atoms with Crippen molar-refractivity contribution in [2.24, 2.45) is 0 Å². The first-order valence-corrected chi connectivity index (χ1v) is 9.26. The molecule has 1 aliphatic heterocycles. The van der Waals surface area contributed by atoms with Crippen LogP contribution in [-0.2, 0) is 16.6 Å². The number of hydrogen-bond acceptors (Lipinski definition) is 4. The summed E-state index contributed by atoms with van der Waals surface area (Å²) in [6, 6.07) is 2.33. The van der Waals surface area contributed by atoms with Gasteiger partial charge in [0.05, 0.1) is 6.61 Å². The summed E-state index contributed by atoms with van der Waals surface area (Å²) in [5.41, 5.74) is -0.117. The van der Waals surface area contributed by atoms with E-state index in [0.717, 1.165) is 6.07 Å². The standard InChI is InChI=1S/C13H17ClFNO3S2/c1-8-5-16(6-9(2)20-8)21(18,19)12-4-11(14)3-10(7-17)13(12)15/h3-4,8-9,17H,5-7H2,1-2H3. The van der Waals surface area contributed by atoms with Gasteiger partial charge in [0.15, 0.2) is 0 Å². The van der Waals surface area contributed by atoms with Gasteiger partial charge in [0.1, 0.15) is 10.7 Å². The molecule has 8 heteroatoms. The number of rotatable bonds is 3. The minimum absolute atomic E-state index is 0.0894. The predicted octanol–water partition coefficient (Wildman–Crippen LogP) is 2.49. The second-order valence-electron chi connectivity index (χ2n) is 5.11. The van der Waals surface area contributed by atoms with Gasteiger partial charge >= 0.3 is 0 Å². The molecule has 0 aliphatic carbocycles. The highest BCUT2D eigenvalue weighted by atomic mass is 35.5. The zero-order chi connectivity index (χ0) is 15.8. The predicted molar refractivity (Wildman–Crippen MR) is 82.6 cm³/mol. The second kappa shape index (κ2) is 6.42. The molecule has 1 fully saturated rings. The van der Waals surface area contributed by atoms with E-state index in [2.05, 4.69) is 0 Å². The van der Waals surface area contributed by atoms with Crippen LogP contribution in [0.3, 0.4) is 0 Å². The molecule has 118 valence electrons. The van der Waals surface area contributed by atoms with Gasteiger partial charge in [-0.2, -0.15) is 16.1 Å². The molecule has 21 heavy (non-hydrogen) atoms. The SMILES string of the molecule is CC1CN(S(=O)(=O)c2cc(Cl)cc(CO)c2F)CC(C)S1. The van der Waals surface area contributed by atoms with Crippen LogP contribution in [0.25, 0.3) is 0 Å². The van der Waals surface area contributed by atoms with Gasteiger partial charge in [-0.15, -0.1) is 0 Å². The molecular formula is C13H17ClFNO3S2. The molecule has 1 aromatic carbocycles. The van der Waals surface area contributed by atoms with Crippen molar-refractivity contribution in [3.05, 3.63) is 28.5 Å². The van der Waals surface area contributed by atoms with Gasteiger partial charge in [-0.1, -0.05) is 25.4 Å². The van der Waals surface area contributed by atoms with Crippen molar-refractivity contribution < 1.29 is 17.9 Å². The maximum atomic E-state index is 14.3. The fraction of sp³-hybridized carbons (Fsp3) is 0.538. The molecule has 1 N–H and O–H groups in total. The molecule has 2 atom stereocenters. The smallest absolute Gasteiger partial charge is 0.246 e. The maximum Gasteiger partial charge on any atom is 0.246 e. The third kappa shape index (κ3) is 3.53. The van der Waals surface area contributed by atoms with Crippen molar-refractivity contribution in [3.63, 3.8) is 0 Å². The highest BCUT2D eigenvalue weighted by Crippen LogP contribution is 2.31. The monoisotopic (exact) mass is 353 g/mol. The van der Waals surface area contributed by atoms with Gasteiger partial charge < -0.3 is 5.11 Å². The number of halogens is 2. The fourth-order valence-corrected chi connectivity index (χ4v) is 5.96. The molecule has 0 radical (unpaired) electrons. The van der Waals surface area contributed by atoms with Crippen molar-refractivity contribution in [1.82, 2.24) is 4.31 Å². The number of benzene rings is 1. The Labute approximate surface area is 133 Å². The lowest BCUT2D eigenvalue weighted by Crippen LogP contribution is -2.44. The molecule has 0 saturated carbocycles. The van der Waals surface area contributed by atoms with Gasteiger partial charge in [0.2, 0.25) is 10.0 Å². The van der Waals surface area contributed by atoms with Crippen molar-refractivity contribution >= 4 is 33.4 Å². The minimum atomic E-state index is -3.96. The molecule has 0 bridgehead atoms. The van der Waals surface area contributed by atoms with Gasteiger partial charge in [0, 0.05) is 34.2 Å². The Bertz CT molecular complexity index is 629. The zero-order valence-electron chi connectivity index (χ0n) is 11.7. The first-order valence-electron chi connectivity index (χ1n) is 6.50. The average Bonchev–Trinajstić information content (AvgIpc) is 2.39. The van der Waals surface area contributed by atoms with Crippen molar-refractivity contribution in [2.45, 2.75) is 35.8 Å². The van der Waals surface area contributed by atoms with E-state index in [0.29, 0.717) is 13.1 Å². The lowest BCUT2D eigenvalue weighted by molar-refractivity contribution is 0.274. The van der Waals surface area contributed by atoms with E-state index in [1.165, 1.54) is 10.4 Å². The highest BCUT2D eigenvalue weighted by Gasteiger charge is 2.34. The summed E-state index contributed by atoms with van der Waals surface area (Å²) in [5, 5.41) is 9.49. The van der Waals surface area contributed by atoms with E-state index in [4.69, 9.17) is 16.7 Å². The third-order valence-corrected chi connectivity index (χ3v) is 6.53. The summed E-state index contributed by atoms with van der Waals surface area (Å²) >= 11 is 7.54. The van der Waals surface area contributed by atoms with E-state index in [9.17, 15) is 12.8 Å². The molecule has 2 rings (SSSR count). The summed E-state index contributed by atoms with van der Waals surface area (Å²) in [6.07, 6.45) is 0. The third-order valence-electron chi connectivity index (χ3n) is 3.25. The van der Waals surface area contributed by atoms with Gasteiger partial charge in [-0.05, 0) is 12.1 Å². The normalized spacial score (nSPS) is 24.2. The Morgan fingerprint density at radius 2 is 1.95 bits per heavy atom. The van der Waals surface area contributed by atoms with Crippen LogP contribution < -0.4 is 0 Å².